The SMILES string of the molecule is CC(O)(CO)c1ccc(S(C)(=O)=O)cc1. The largest absolute Gasteiger partial charge is 0.393 e. The van der Waals surface area contributed by atoms with Crippen LogP contribution in [0, 0.1) is 0 Å². The van der Waals surface area contributed by atoms with Gasteiger partial charge in [-0.3, -0.25) is 0 Å². The van der Waals surface area contributed by atoms with Crippen molar-refractivity contribution in [3.8, 4) is 0 Å². The molecule has 0 bridgehead atoms. The van der Waals surface area contributed by atoms with Gasteiger partial charge in [-0.1, -0.05) is 12.1 Å². The van der Waals surface area contributed by atoms with Gasteiger partial charge in [0.1, 0.15) is 5.60 Å². The lowest BCUT2D eigenvalue weighted by Gasteiger charge is -2.20. The van der Waals surface area contributed by atoms with E-state index >= 15 is 0 Å². The van der Waals surface area contributed by atoms with Crippen LogP contribution in [0.15, 0.2) is 29.2 Å². The molecule has 0 saturated heterocycles. The molecular formula is C10H14O4S. The second-order valence-corrected chi connectivity index (χ2v) is 5.74. The van der Waals surface area contributed by atoms with Crippen molar-refractivity contribution in [2.24, 2.45) is 0 Å². The summed E-state index contributed by atoms with van der Waals surface area (Å²) in [6.07, 6.45) is 1.12. The fraction of sp³-hybridized carbons (Fsp3) is 0.400. The highest BCUT2D eigenvalue weighted by Crippen LogP contribution is 2.21. The predicted molar refractivity (Wildman–Crippen MR) is 56.2 cm³/mol. The molecule has 0 amide bonds. The Labute approximate surface area is 89.1 Å². The van der Waals surface area contributed by atoms with Crippen molar-refractivity contribution in [1.29, 1.82) is 0 Å². The zero-order valence-corrected chi connectivity index (χ0v) is 9.45. The van der Waals surface area contributed by atoms with Gasteiger partial charge in [-0.05, 0) is 24.6 Å². The van der Waals surface area contributed by atoms with Crippen LogP contribution < -0.4 is 0 Å². The molecule has 1 aromatic carbocycles. The van der Waals surface area contributed by atoms with Gasteiger partial charge in [-0.25, -0.2) is 8.42 Å². The average molecular weight is 230 g/mol. The van der Waals surface area contributed by atoms with Crippen LogP contribution in [0.3, 0.4) is 0 Å². The minimum Gasteiger partial charge on any atom is -0.393 e. The topological polar surface area (TPSA) is 74.6 Å². The van der Waals surface area contributed by atoms with E-state index in [9.17, 15) is 13.5 Å². The van der Waals surface area contributed by atoms with Crippen molar-refractivity contribution in [3.63, 3.8) is 0 Å². The van der Waals surface area contributed by atoms with Gasteiger partial charge in [0.2, 0.25) is 0 Å². The summed E-state index contributed by atoms with van der Waals surface area (Å²) in [6, 6.07) is 5.81. The first-order valence-electron chi connectivity index (χ1n) is 4.41. The van der Waals surface area contributed by atoms with Gasteiger partial charge in [0.05, 0.1) is 11.5 Å². The summed E-state index contributed by atoms with van der Waals surface area (Å²) in [4.78, 5) is 0.194. The molecule has 0 aliphatic heterocycles. The van der Waals surface area contributed by atoms with Crippen LogP contribution in [0.1, 0.15) is 12.5 Å². The van der Waals surface area contributed by atoms with E-state index in [1.165, 1.54) is 31.2 Å². The molecule has 0 aliphatic rings. The smallest absolute Gasteiger partial charge is 0.175 e. The average Bonchev–Trinajstić information content (AvgIpc) is 2.17. The Morgan fingerprint density at radius 1 is 1.27 bits per heavy atom. The van der Waals surface area contributed by atoms with Gasteiger partial charge in [-0.2, -0.15) is 0 Å². The van der Waals surface area contributed by atoms with Crippen molar-refractivity contribution in [3.05, 3.63) is 29.8 Å². The summed E-state index contributed by atoms with van der Waals surface area (Å²) < 4.78 is 22.3. The lowest BCUT2D eigenvalue weighted by molar-refractivity contribution is -0.00232. The minimum absolute atomic E-state index is 0.194. The monoisotopic (exact) mass is 230 g/mol. The second kappa shape index (κ2) is 3.92. The Bertz CT molecular complexity index is 431. The predicted octanol–water partition coefficient (Wildman–Crippen LogP) is 0.290. The molecule has 5 heteroatoms. The highest BCUT2D eigenvalue weighted by Gasteiger charge is 2.21. The van der Waals surface area contributed by atoms with Gasteiger partial charge >= 0.3 is 0 Å². The molecule has 2 N–H and O–H groups in total. The highest BCUT2D eigenvalue weighted by atomic mass is 32.2. The van der Waals surface area contributed by atoms with E-state index in [1.807, 2.05) is 0 Å². The molecular weight excluding hydrogens is 216 g/mol. The van der Waals surface area contributed by atoms with Crippen molar-refractivity contribution >= 4 is 9.84 Å². The van der Waals surface area contributed by atoms with Gasteiger partial charge in [0.25, 0.3) is 0 Å². The number of benzene rings is 1. The number of aliphatic hydroxyl groups excluding tert-OH is 1. The first-order valence-corrected chi connectivity index (χ1v) is 6.30. The number of aliphatic hydroxyl groups is 2. The van der Waals surface area contributed by atoms with E-state index in [-0.39, 0.29) is 4.90 Å². The van der Waals surface area contributed by atoms with Crippen molar-refractivity contribution in [2.75, 3.05) is 12.9 Å². The molecule has 0 spiro atoms. The Morgan fingerprint density at radius 3 is 2.07 bits per heavy atom. The molecule has 84 valence electrons. The molecule has 0 saturated carbocycles. The Balaban J connectivity index is 3.12. The van der Waals surface area contributed by atoms with Crippen molar-refractivity contribution in [1.82, 2.24) is 0 Å². The van der Waals surface area contributed by atoms with Crippen LogP contribution in [0.4, 0.5) is 0 Å². The quantitative estimate of drug-likeness (QED) is 0.782. The van der Waals surface area contributed by atoms with E-state index in [0.717, 1.165) is 6.26 Å². The standard InChI is InChI=1S/C10H14O4S/c1-10(12,7-11)8-3-5-9(6-4-8)15(2,13)14/h3-6,11-12H,7H2,1-2H3. The third kappa shape index (κ3) is 2.77. The molecule has 0 fully saturated rings. The zero-order valence-electron chi connectivity index (χ0n) is 8.64. The van der Waals surface area contributed by atoms with Crippen LogP contribution in [0.5, 0.6) is 0 Å². The summed E-state index contributed by atoms with van der Waals surface area (Å²) >= 11 is 0. The van der Waals surface area contributed by atoms with E-state index in [0.29, 0.717) is 5.56 Å². The third-order valence-electron chi connectivity index (χ3n) is 2.21. The van der Waals surface area contributed by atoms with Gasteiger partial charge < -0.3 is 10.2 Å². The van der Waals surface area contributed by atoms with Crippen LogP contribution in [-0.2, 0) is 15.4 Å². The first kappa shape index (κ1) is 12.2. The molecule has 4 nitrogen and oxygen atoms in total. The maximum absolute atomic E-state index is 11.2. The van der Waals surface area contributed by atoms with Gasteiger partial charge in [0.15, 0.2) is 9.84 Å². The molecule has 0 radical (unpaired) electrons. The van der Waals surface area contributed by atoms with Crippen LogP contribution in [0.25, 0.3) is 0 Å². The van der Waals surface area contributed by atoms with Gasteiger partial charge in [-0.15, -0.1) is 0 Å². The molecule has 1 rings (SSSR count). The molecule has 1 atom stereocenters. The summed E-state index contributed by atoms with van der Waals surface area (Å²) in [5.41, 5.74) is -0.854. The molecule has 1 aromatic rings. The maximum Gasteiger partial charge on any atom is 0.175 e. The summed E-state index contributed by atoms with van der Waals surface area (Å²) in [6.45, 7) is 1.05. The Morgan fingerprint density at radius 2 is 1.73 bits per heavy atom. The second-order valence-electron chi connectivity index (χ2n) is 3.73. The summed E-state index contributed by atoms with van der Waals surface area (Å²) in [5, 5.41) is 18.6. The number of hydrogen-bond acceptors (Lipinski definition) is 4. The van der Waals surface area contributed by atoms with Crippen LogP contribution in [0.2, 0.25) is 0 Å². The van der Waals surface area contributed by atoms with E-state index in [2.05, 4.69) is 0 Å². The van der Waals surface area contributed by atoms with Crippen molar-refractivity contribution in [2.45, 2.75) is 17.4 Å². The number of rotatable bonds is 3. The lowest BCUT2D eigenvalue weighted by atomic mass is 9.97. The van der Waals surface area contributed by atoms with Crippen molar-refractivity contribution < 1.29 is 18.6 Å². The zero-order chi connectivity index (χ0) is 11.7. The maximum atomic E-state index is 11.2. The third-order valence-corrected chi connectivity index (χ3v) is 3.34. The molecule has 1 unspecified atom stereocenters. The number of hydrogen-bond donors (Lipinski definition) is 2. The fourth-order valence-electron chi connectivity index (χ4n) is 1.15. The number of sulfone groups is 1. The summed E-state index contributed by atoms with van der Waals surface area (Å²) in [7, 11) is -3.22. The molecule has 0 heterocycles. The first-order chi connectivity index (χ1) is 6.77. The lowest BCUT2D eigenvalue weighted by Crippen LogP contribution is -2.25. The fourth-order valence-corrected chi connectivity index (χ4v) is 1.78. The molecule has 0 aromatic heterocycles. The van der Waals surface area contributed by atoms with E-state index in [1.54, 1.807) is 0 Å². The van der Waals surface area contributed by atoms with Gasteiger partial charge in [0, 0.05) is 6.26 Å². The normalized spacial score (nSPS) is 16.0. The molecule has 0 aliphatic carbocycles. The van der Waals surface area contributed by atoms with E-state index in [4.69, 9.17) is 5.11 Å². The summed E-state index contributed by atoms with van der Waals surface area (Å²) in [5.74, 6) is 0. The Kier molecular flexibility index (Phi) is 3.18. The molecule has 15 heavy (non-hydrogen) atoms. The van der Waals surface area contributed by atoms with Crippen LogP contribution >= 0.6 is 0 Å². The Hall–Kier alpha value is -0.910. The van der Waals surface area contributed by atoms with E-state index < -0.39 is 22.0 Å². The van der Waals surface area contributed by atoms with Crippen LogP contribution in [-0.4, -0.2) is 31.5 Å². The highest BCUT2D eigenvalue weighted by molar-refractivity contribution is 7.90. The minimum atomic E-state index is -3.22.